The Labute approximate surface area is 153 Å². The summed E-state index contributed by atoms with van der Waals surface area (Å²) in [4.78, 5) is 4.63. The molecule has 26 heavy (non-hydrogen) atoms. The van der Waals surface area contributed by atoms with Gasteiger partial charge in [0, 0.05) is 11.5 Å². The molecule has 0 fully saturated rings. The van der Waals surface area contributed by atoms with Crippen molar-refractivity contribution in [2.24, 2.45) is 0 Å². The third-order valence-corrected chi connectivity index (χ3v) is 6.15. The van der Waals surface area contributed by atoms with Crippen molar-refractivity contribution in [3.8, 4) is 5.75 Å². The Morgan fingerprint density at radius 1 is 1.00 bits per heavy atom. The second-order valence-electron chi connectivity index (χ2n) is 6.53. The van der Waals surface area contributed by atoms with Crippen LogP contribution in [0.3, 0.4) is 0 Å². The van der Waals surface area contributed by atoms with E-state index in [0.29, 0.717) is 16.3 Å². The zero-order valence-electron chi connectivity index (χ0n) is 14.5. The summed E-state index contributed by atoms with van der Waals surface area (Å²) in [5, 5.41) is 0.844. The molecule has 1 N–H and O–H groups in total. The molecule has 0 amide bonds. The van der Waals surface area contributed by atoms with E-state index in [1.54, 1.807) is 25.3 Å². The maximum atomic E-state index is 12.8. The number of benzene rings is 2. The van der Waals surface area contributed by atoms with Crippen LogP contribution in [0.1, 0.15) is 24.0 Å². The number of sulfonamides is 1. The van der Waals surface area contributed by atoms with E-state index in [0.717, 1.165) is 35.7 Å². The highest BCUT2D eigenvalue weighted by molar-refractivity contribution is 7.92. The lowest BCUT2D eigenvalue weighted by Crippen LogP contribution is -2.14. The number of pyridine rings is 1. The van der Waals surface area contributed by atoms with Crippen LogP contribution >= 0.6 is 0 Å². The number of hydrogen-bond donors (Lipinski definition) is 1. The third-order valence-electron chi connectivity index (χ3n) is 4.77. The molecule has 0 atom stereocenters. The van der Waals surface area contributed by atoms with E-state index >= 15 is 0 Å². The molecule has 0 bridgehead atoms. The van der Waals surface area contributed by atoms with Crippen LogP contribution in [0.2, 0.25) is 0 Å². The Hall–Kier alpha value is -2.60. The number of aryl methyl sites for hydroxylation is 2. The van der Waals surface area contributed by atoms with Crippen LogP contribution in [0.5, 0.6) is 5.75 Å². The van der Waals surface area contributed by atoms with E-state index < -0.39 is 10.0 Å². The van der Waals surface area contributed by atoms with Gasteiger partial charge in [0.25, 0.3) is 10.0 Å². The van der Waals surface area contributed by atoms with E-state index in [1.807, 2.05) is 24.3 Å². The Morgan fingerprint density at radius 2 is 1.81 bits per heavy atom. The lowest BCUT2D eigenvalue weighted by atomic mass is 9.92. The molecular weight excluding hydrogens is 348 g/mol. The van der Waals surface area contributed by atoms with E-state index in [-0.39, 0.29) is 0 Å². The molecule has 134 valence electrons. The summed E-state index contributed by atoms with van der Waals surface area (Å²) in [5.74, 6) is 0.715. The maximum Gasteiger partial charge on any atom is 0.261 e. The third kappa shape index (κ3) is 3.24. The fourth-order valence-corrected chi connectivity index (χ4v) is 4.46. The average molecular weight is 368 g/mol. The van der Waals surface area contributed by atoms with E-state index in [1.165, 1.54) is 18.2 Å². The number of nitrogens with one attached hydrogen (secondary N) is 1. The minimum absolute atomic E-state index is 0.299. The number of rotatable bonds is 4. The van der Waals surface area contributed by atoms with Crippen LogP contribution < -0.4 is 9.46 Å². The zero-order chi connectivity index (χ0) is 18.1. The molecule has 0 spiro atoms. The van der Waals surface area contributed by atoms with Crippen molar-refractivity contribution in [1.29, 1.82) is 0 Å². The highest BCUT2D eigenvalue weighted by Gasteiger charge is 2.18. The molecule has 1 aromatic heterocycles. The number of anilines is 1. The Balaban J connectivity index is 1.64. The van der Waals surface area contributed by atoms with Crippen molar-refractivity contribution in [1.82, 2.24) is 4.98 Å². The number of methoxy groups -OCH3 is 1. The summed E-state index contributed by atoms with van der Waals surface area (Å²) in [6.45, 7) is 0. The van der Waals surface area contributed by atoms with Crippen molar-refractivity contribution in [3.05, 3.63) is 59.8 Å². The van der Waals surface area contributed by atoms with E-state index in [9.17, 15) is 8.42 Å². The monoisotopic (exact) mass is 368 g/mol. The molecule has 6 heteroatoms. The van der Waals surface area contributed by atoms with Gasteiger partial charge in [0.1, 0.15) is 5.75 Å². The fourth-order valence-electron chi connectivity index (χ4n) is 3.38. The van der Waals surface area contributed by atoms with Gasteiger partial charge in [0.2, 0.25) is 0 Å². The SMILES string of the molecule is COc1ccc2cc(NS(=O)(=O)c3ccc4c(c3)CCCC4)cnc2c1. The fraction of sp³-hybridized carbons (Fsp3) is 0.250. The second kappa shape index (κ2) is 6.61. The second-order valence-corrected chi connectivity index (χ2v) is 8.21. The molecule has 3 aromatic rings. The molecule has 1 aliphatic carbocycles. The first-order valence-corrected chi connectivity index (χ1v) is 10.1. The summed E-state index contributed by atoms with van der Waals surface area (Å²) in [5.41, 5.74) is 3.60. The number of fused-ring (bicyclic) bond motifs is 2. The Morgan fingerprint density at radius 3 is 2.62 bits per heavy atom. The van der Waals surface area contributed by atoms with Gasteiger partial charge >= 0.3 is 0 Å². The van der Waals surface area contributed by atoms with Gasteiger partial charge in [-0.15, -0.1) is 0 Å². The van der Waals surface area contributed by atoms with Gasteiger partial charge in [-0.1, -0.05) is 6.07 Å². The molecule has 0 saturated heterocycles. The standard InChI is InChI=1S/C20H20N2O3S/c1-25-18-8-6-16-10-17(13-21-20(16)12-18)22-26(23,24)19-9-7-14-4-2-3-5-15(14)11-19/h6-13,22H,2-5H2,1H3. The highest BCUT2D eigenvalue weighted by Crippen LogP contribution is 2.26. The van der Waals surface area contributed by atoms with Crippen LogP contribution in [0.25, 0.3) is 10.9 Å². The lowest BCUT2D eigenvalue weighted by Gasteiger charge is -2.17. The molecular formula is C20H20N2O3S. The summed E-state index contributed by atoms with van der Waals surface area (Å²) in [7, 11) is -2.04. The topological polar surface area (TPSA) is 68.3 Å². The molecule has 1 heterocycles. The first-order valence-electron chi connectivity index (χ1n) is 8.63. The summed E-state index contributed by atoms with van der Waals surface area (Å²) < 4.78 is 33.4. The summed E-state index contributed by atoms with van der Waals surface area (Å²) in [6.07, 6.45) is 5.78. The number of aromatic nitrogens is 1. The van der Waals surface area contributed by atoms with Crippen LogP contribution in [0, 0.1) is 0 Å². The van der Waals surface area contributed by atoms with Crippen LogP contribution in [0.4, 0.5) is 5.69 Å². The molecule has 0 radical (unpaired) electrons. The molecule has 4 rings (SSSR count). The highest BCUT2D eigenvalue weighted by atomic mass is 32.2. The first-order chi connectivity index (χ1) is 12.5. The van der Waals surface area contributed by atoms with Gasteiger partial charge in [0.15, 0.2) is 0 Å². The number of nitrogens with zero attached hydrogens (tertiary/aromatic N) is 1. The van der Waals surface area contributed by atoms with Crippen molar-refractivity contribution in [3.63, 3.8) is 0 Å². The normalized spacial score (nSPS) is 14.0. The Kier molecular flexibility index (Phi) is 4.28. The molecule has 0 unspecified atom stereocenters. The molecule has 5 nitrogen and oxygen atoms in total. The van der Waals surface area contributed by atoms with Gasteiger partial charge in [-0.2, -0.15) is 0 Å². The molecule has 1 aliphatic rings. The predicted molar refractivity (Wildman–Crippen MR) is 102 cm³/mol. The van der Waals surface area contributed by atoms with Gasteiger partial charge in [-0.25, -0.2) is 8.42 Å². The van der Waals surface area contributed by atoms with Crippen molar-refractivity contribution in [2.45, 2.75) is 30.6 Å². The van der Waals surface area contributed by atoms with Gasteiger partial charge < -0.3 is 4.74 Å². The van der Waals surface area contributed by atoms with Crippen LogP contribution in [-0.2, 0) is 22.9 Å². The predicted octanol–water partition coefficient (Wildman–Crippen LogP) is 3.92. The smallest absolute Gasteiger partial charge is 0.261 e. The summed E-state index contributed by atoms with van der Waals surface area (Å²) >= 11 is 0. The lowest BCUT2D eigenvalue weighted by molar-refractivity contribution is 0.415. The minimum atomic E-state index is -3.64. The number of hydrogen-bond acceptors (Lipinski definition) is 4. The largest absolute Gasteiger partial charge is 0.497 e. The van der Waals surface area contributed by atoms with Crippen LogP contribution in [0.15, 0.2) is 53.6 Å². The van der Waals surface area contributed by atoms with Crippen molar-refractivity contribution >= 4 is 26.6 Å². The number of ether oxygens (including phenoxy) is 1. The molecule has 2 aromatic carbocycles. The zero-order valence-corrected chi connectivity index (χ0v) is 15.3. The summed E-state index contributed by atoms with van der Waals surface area (Å²) in [6, 6.07) is 12.7. The van der Waals surface area contributed by atoms with Crippen LogP contribution in [-0.4, -0.2) is 20.5 Å². The first kappa shape index (κ1) is 16.8. The quantitative estimate of drug-likeness (QED) is 0.758. The van der Waals surface area contributed by atoms with Gasteiger partial charge in [0.05, 0.1) is 29.4 Å². The van der Waals surface area contributed by atoms with E-state index in [2.05, 4.69) is 9.71 Å². The van der Waals surface area contributed by atoms with Crippen molar-refractivity contribution in [2.75, 3.05) is 11.8 Å². The maximum absolute atomic E-state index is 12.8. The Bertz CT molecular complexity index is 1080. The van der Waals surface area contributed by atoms with E-state index in [4.69, 9.17) is 4.74 Å². The average Bonchev–Trinajstić information content (AvgIpc) is 2.67. The molecule has 0 saturated carbocycles. The van der Waals surface area contributed by atoms with Gasteiger partial charge in [-0.05, 0) is 67.1 Å². The van der Waals surface area contributed by atoms with Gasteiger partial charge in [-0.3, -0.25) is 9.71 Å². The van der Waals surface area contributed by atoms with Crippen molar-refractivity contribution < 1.29 is 13.2 Å². The molecule has 0 aliphatic heterocycles. The minimum Gasteiger partial charge on any atom is -0.497 e.